The van der Waals surface area contributed by atoms with Crippen LogP contribution >= 0.6 is 0 Å². The summed E-state index contributed by atoms with van der Waals surface area (Å²) in [6.45, 7) is 22.0. The van der Waals surface area contributed by atoms with Crippen LogP contribution in [-0.2, 0) is 0 Å². The van der Waals surface area contributed by atoms with E-state index in [0.717, 1.165) is 17.8 Å². The maximum Gasteiger partial charge on any atom is -0.0277 e. The van der Waals surface area contributed by atoms with E-state index >= 15 is 0 Å². The van der Waals surface area contributed by atoms with E-state index in [1.54, 1.807) is 0 Å². The highest BCUT2D eigenvalue weighted by atomic mass is 14.5. The highest BCUT2D eigenvalue weighted by Gasteiger charge is 2.40. The summed E-state index contributed by atoms with van der Waals surface area (Å²) in [4.78, 5) is 0. The fourth-order valence-corrected chi connectivity index (χ4v) is 3.66. The lowest BCUT2D eigenvalue weighted by molar-refractivity contribution is 0.0247. The first-order chi connectivity index (χ1) is 10.0. The lowest BCUT2D eigenvalue weighted by Gasteiger charge is -2.47. The van der Waals surface area contributed by atoms with E-state index in [2.05, 4.69) is 62.3 Å². The molecule has 0 N–H and O–H groups in total. The van der Waals surface area contributed by atoms with E-state index in [1.165, 1.54) is 51.4 Å². The third kappa shape index (κ3) is 7.51. The smallest absolute Gasteiger partial charge is 0.0277 e. The zero-order valence-electron chi connectivity index (χ0n) is 17.4. The van der Waals surface area contributed by atoms with Crippen LogP contribution in [0.2, 0.25) is 0 Å². The van der Waals surface area contributed by atoms with Gasteiger partial charge in [0.2, 0.25) is 0 Å². The summed E-state index contributed by atoms with van der Waals surface area (Å²) in [5.74, 6) is 2.50. The van der Waals surface area contributed by atoms with Gasteiger partial charge in [0.25, 0.3) is 0 Å². The van der Waals surface area contributed by atoms with Crippen molar-refractivity contribution >= 4 is 0 Å². The minimum Gasteiger partial charge on any atom is -0.0654 e. The molecule has 0 aliphatic rings. The van der Waals surface area contributed by atoms with Gasteiger partial charge >= 0.3 is 0 Å². The maximum absolute atomic E-state index is 2.51. The van der Waals surface area contributed by atoms with Crippen molar-refractivity contribution in [2.45, 2.75) is 114 Å². The summed E-state index contributed by atoms with van der Waals surface area (Å²) in [5, 5.41) is 0. The molecular weight excluding hydrogens is 264 g/mol. The Labute approximate surface area is 142 Å². The van der Waals surface area contributed by atoms with Crippen LogP contribution in [0.1, 0.15) is 114 Å². The average Bonchev–Trinajstić information content (AvgIpc) is 2.40. The van der Waals surface area contributed by atoms with Gasteiger partial charge in [-0.1, -0.05) is 101 Å². The van der Waals surface area contributed by atoms with Gasteiger partial charge in [-0.05, 0) is 41.4 Å². The molecule has 0 heteroatoms. The molecule has 0 aromatic carbocycles. The third-order valence-corrected chi connectivity index (χ3v) is 6.61. The second kappa shape index (κ2) is 9.99. The molecule has 0 rings (SSSR count). The lowest BCUT2D eigenvalue weighted by Crippen LogP contribution is -2.38. The monoisotopic (exact) mass is 310 g/mol. The summed E-state index contributed by atoms with van der Waals surface area (Å²) in [6.07, 6.45) is 11.2. The van der Waals surface area contributed by atoms with Crippen molar-refractivity contribution in [2.75, 3.05) is 0 Å². The van der Waals surface area contributed by atoms with Crippen LogP contribution in [0.25, 0.3) is 0 Å². The van der Waals surface area contributed by atoms with E-state index in [1.807, 2.05) is 0 Å². The topological polar surface area (TPSA) is 0 Å². The fourth-order valence-electron chi connectivity index (χ4n) is 3.66. The molecule has 0 nitrogen and oxygen atoms in total. The van der Waals surface area contributed by atoms with Gasteiger partial charge in [0.05, 0.1) is 0 Å². The highest BCUT2D eigenvalue weighted by Crippen LogP contribution is 2.49. The Bertz CT molecular complexity index is 272. The SMILES string of the molecule is CCCCCCC(C)CCC(C)(C)C(C)(C)C(C)CC(C)C. The Kier molecular flexibility index (Phi) is 9.99. The molecule has 0 spiro atoms. The zero-order valence-corrected chi connectivity index (χ0v) is 17.4. The van der Waals surface area contributed by atoms with Crippen LogP contribution in [0.4, 0.5) is 0 Å². The first-order valence-corrected chi connectivity index (χ1v) is 10.0. The van der Waals surface area contributed by atoms with Gasteiger partial charge in [0.15, 0.2) is 0 Å². The first-order valence-electron chi connectivity index (χ1n) is 10.0. The van der Waals surface area contributed by atoms with Crippen LogP contribution in [0, 0.1) is 28.6 Å². The number of unbranched alkanes of at least 4 members (excludes halogenated alkanes) is 3. The van der Waals surface area contributed by atoms with Gasteiger partial charge in [-0.25, -0.2) is 0 Å². The van der Waals surface area contributed by atoms with Gasteiger partial charge in [0, 0.05) is 0 Å². The molecule has 0 bridgehead atoms. The Hall–Kier alpha value is 0. The molecule has 22 heavy (non-hydrogen) atoms. The van der Waals surface area contributed by atoms with Crippen molar-refractivity contribution in [3.63, 3.8) is 0 Å². The molecule has 0 fully saturated rings. The molecule has 0 heterocycles. The second-order valence-corrected chi connectivity index (χ2v) is 9.63. The molecule has 0 aliphatic heterocycles. The molecule has 134 valence electrons. The minimum atomic E-state index is 0.416. The van der Waals surface area contributed by atoms with Gasteiger partial charge in [0.1, 0.15) is 0 Å². The van der Waals surface area contributed by atoms with Crippen molar-refractivity contribution in [3.05, 3.63) is 0 Å². The predicted molar refractivity (Wildman–Crippen MR) is 103 cm³/mol. The van der Waals surface area contributed by atoms with Crippen LogP contribution < -0.4 is 0 Å². The molecule has 0 aromatic rings. The fraction of sp³-hybridized carbons (Fsp3) is 1.00. The number of hydrogen-bond donors (Lipinski definition) is 0. The standard InChI is InChI=1S/C22H46/c1-10-11-12-13-14-19(4)15-16-21(6,7)22(8,9)20(5)17-18(2)3/h18-20H,10-17H2,1-9H3. The summed E-state index contributed by atoms with van der Waals surface area (Å²) >= 11 is 0. The van der Waals surface area contributed by atoms with Crippen LogP contribution in [0.15, 0.2) is 0 Å². The predicted octanol–water partition coefficient (Wildman–Crippen LogP) is 8.11. The quantitative estimate of drug-likeness (QED) is 0.319. The lowest BCUT2D eigenvalue weighted by atomic mass is 9.58. The van der Waals surface area contributed by atoms with E-state index in [9.17, 15) is 0 Å². The Morgan fingerprint density at radius 1 is 0.773 bits per heavy atom. The molecule has 0 aliphatic carbocycles. The zero-order chi connectivity index (χ0) is 17.4. The Morgan fingerprint density at radius 3 is 1.86 bits per heavy atom. The summed E-state index contributed by atoms with van der Waals surface area (Å²) in [5.41, 5.74) is 0.845. The minimum absolute atomic E-state index is 0.416. The Morgan fingerprint density at radius 2 is 1.36 bits per heavy atom. The van der Waals surface area contributed by atoms with Crippen molar-refractivity contribution in [1.82, 2.24) is 0 Å². The molecule has 2 atom stereocenters. The second-order valence-electron chi connectivity index (χ2n) is 9.63. The number of rotatable bonds is 12. The molecule has 0 amide bonds. The average molecular weight is 311 g/mol. The summed E-state index contributed by atoms with van der Waals surface area (Å²) < 4.78 is 0. The number of hydrogen-bond acceptors (Lipinski definition) is 0. The molecule has 2 unspecified atom stereocenters. The summed E-state index contributed by atoms with van der Waals surface area (Å²) in [6, 6.07) is 0. The van der Waals surface area contributed by atoms with Crippen LogP contribution in [0.3, 0.4) is 0 Å². The summed E-state index contributed by atoms with van der Waals surface area (Å²) in [7, 11) is 0. The van der Waals surface area contributed by atoms with E-state index < -0.39 is 0 Å². The van der Waals surface area contributed by atoms with E-state index in [4.69, 9.17) is 0 Å². The largest absolute Gasteiger partial charge is 0.0654 e. The van der Waals surface area contributed by atoms with Crippen molar-refractivity contribution < 1.29 is 0 Å². The van der Waals surface area contributed by atoms with Crippen molar-refractivity contribution in [3.8, 4) is 0 Å². The third-order valence-electron chi connectivity index (χ3n) is 6.61. The molecule has 0 saturated heterocycles. The molecule has 0 radical (unpaired) electrons. The van der Waals surface area contributed by atoms with Crippen LogP contribution in [-0.4, -0.2) is 0 Å². The molecule has 0 aromatic heterocycles. The van der Waals surface area contributed by atoms with Crippen LogP contribution in [0.5, 0.6) is 0 Å². The normalized spacial score (nSPS) is 16.1. The van der Waals surface area contributed by atoms with Gasteiger partial charge in [-0.15, -0.1) is 0 Å². The van der Waals surface area contributed by atoms with E-state index in [0.29, 0.717) is 10.8 Å². The first kappa shape index (κ1) is 22.0. The van der Waals surface area contributed by atoms with Crippen molar-refractivity contribution in [1.29, 1.82) is 0 Å². The van der Waals surface area contributed by atoms with Crippen molar-refractivity contribution in [2.24, 2.45) is 28.6 Å². The van der Waals surface area contributed by atoms with Gasteiger partial charge < -0.3 is 0 Å². The molecule has 0 saturated carbocycles. The van der Waals surface area contributed by atoms with E-state index in [-0.39, 0.29) is 0 Å². The highest BCUT2D eigenvalue weighted by molar-refractivity contribution is 4.90. The van der Waals surface area contributed by atoms with Gasteiger partial charge in [-0.3, -0.25) is 0 Å². The Balaban J connectivity index is 4.36. The molecular formula is C22H46. The maximum atomic E-state index is 2.51. The van der Waals surface area contributed by atoms with Gasteiger partial charge in [-0.2, -0.15) is 0 Å².